The van der Waals surface area contributed by atoms with Crippen LogP contribution in [0.4, 0.5) is 22.1 Å². The maximum atomic E-state index is 11.8. The molecule has 2 N–H and O–H groups in total. The minimum absolute atomic E-state index is 0.237. The zero-order valence-corrected chi connectivity index (χ0v) is 20.2. The fraction of sp³-hybridized carbons (Fsp3) is 0.346. The summed E-state index contributed by atoms with van der Waals surface area (Å²) in [6.45, 7) is 6.71. The predicted molar refractivity (Wildman–Crippen MR) is 137 cm³/mol. The Balaban J connectivity index is 1.48. The molecule has 0 unspecified atom stereocenters. The number of nitriles is 1. The highest BCUT2D eigenvalue weighted by molar-refractivity contribution is 5.89. The monoisotopic (exact) mass is 484 g/mol. The van der Waals surface area contributed by atoms with Gasteiger partial charge in [0, 0.05) is 49.2 Å². The molecule has 0 bridgehead atoms. The lowest BCUT2D eigenvalue weighted by Gasteiger charge is -2.34. The Morgan fingerprint density at radius 2 is 1.92 bits per heavy atom. The van der Waals surface area contributed by atoms with E-state index in [-0.39, 0.29) is 6.03 Å². The lowest BCUT2D eigenvalue weighted by atomic mass is 10.0. The van der Waals surface area contributed by atoms with E-state index in [2.05, 4.69) is 31.5 Å². The van der Waals surface area contributed by atoms with Gasteiger partial charge in [-0.05, 0) is 49.7 Å². The summed E-state index contributed by atoms with van der Waals surface area (Å²) >= 11 is 0. The van der Waals surface area contributed by atoms with Crippen molar-refractivity contribution in [3.8, 4) is 17.5 Å². The van der Waals surface area contributed by atoms with Gasteiger partial charge in [-0.15, -0.1) is 0 Å². The van der Waals surface area contributed by atoms with Crippen molar-refractivity contribution in [2.24, 2.45) is 0 Å². The summed E-state index contributed by atoms with van der Waals surface area (Å²) in [4.78, 5) is 30.8. The third-order valence-corrected chi connectivity index (χ3v) is 6.29. The third kappa shape index (κ3) is 5.06. The van der Waals surface area contributed by atoms with E-state index in [1.807, 2.05) is 37.3 Å². The number of hydrogen-bond acceptors (Lipinski definition) is 8. The van der Waals surface area contributed by atoms with E-state index < -0.39 is 0 Å². The van der Waals surface area contributed by atoms with Crippen molar-refractivity contribution >= 4 is 23.4 Å². The van der Waals surface area contributed by atoms with Gasteiger partial charge in [0.25, 0.3) is 0 Å². The number of carbonyl (C=O) groups is 1. The highest BCUT2D eigenvalue weighted by Crippen LogP contribution is 2.32. The number of anilines is 3. The Bertz CT molecular complexity index is 1280. The average Bonchev–Trinajstić information content (AvgIpc) is 2.93. The van der Waals surface area contributed by atoms with Crippen LogP contribution >= 0.6 is 0 Å². The number of nitrogens with one attached hydrogen (secondary N) is 2. The maximum Gasteiger partial charge on any atom is 0.319 e. The highest BCUT2D eigenvalue weighted by Gasteiger charge is 2.27. The van der Waals surface area contributed by atoms with E-state index in [0.29, 0.717) is 43.4 Å². The Morgan fingerprint density at radius 1 is 1.11 bits per heavy atom. The fourth-order valence-electron chi connectivity index (χ4n) is 4.47. The van der Waals surface area contributed by atoms with Gasteiger partial charge >= 0.3 is 6.03 Å². The van der Waals surface area contributed by atoms with Gasteiger partial charge in [0.2, 0.25) is 0 Å². The second kappa shape index (κ2) is 10.6. The standard InChI is InChI=1S/C26H28N8O2/c1-2-28-26(35)30-20-5-3-19(4-6-20)24-31-22-17-34(23-15-18(16-27)7-9-29-23)10-8-21(22)25(32-24)33-11-13-36-14-12-33/h3-7,9,15H,2,8,10-14,17H2,1H3,(H2,28,30,35). The molecule has 4 heterocycles. The second-order valence-electron chi connectivity index (χ2n) is 8.64. The molecule has 2 aliphatic rings. The van der Waals surface area contributed by atoms with Gasteiger partial charge in [0.1, 0.15) is 11.6 Å². The number of pyridine rings is 1. The van der Waals surface area contributed by atoms with Crippen LogP contribution in [0.3, 0.4) is 0 Å². The lowest BCUT2D eigenvalue weighted by molar-refractivity contribution is 0.122. The zero-order chi connectivity index (χ0) is 24.9. The number of aromatic nitrogens is 3. The SMILES string of the molecule is CCNC(=O)Nc1ccc(-c2nc3c(c(N4CCOCC4)n2)CCN(c2cc(C#N)ccn2)C3)cc1. The minimum Gasteiger partial charge on any atom is -0.378 e. The van der Waals surface area contributed by atoms with Crippen LogP contribution in [0.5, 0.6) is 0 Å². The Hall–Kier alpha value is -4.23. The molecule has 0 aliphatic carbocycles. The van der Waals surface area contributed by atoms with Crippen molar-refractivity contribution in [3.05, 3.63) is 59.4 Å². The van der Waals surface area contributed by atoms with Crippen LogP contribution in [0.15, 0.2) is 42.6 Å². The van der Waals surface area contributed by atoms with E-state index in [9.17, 15) is 10.1 Å². The van der Waals surface area contributed by atoms with E-state index in [4.69, 9.17) is 14.7 Å². The van der Waals surface area contributed by atoms with Crippen LogP contribution < -0.4 is 20.4 Å². The molecule has 1 aromatic carbocycles. The quantitative estimate of drug-likeness (QED) is 0.567. The number of fused-ring (bicyclic) bond motifs is 1. The summed E-state index contributed by atoms with van der Waals surface area (Å²) in [6, 6.07) is 13.0. The van der Waals surface area contributed by atoms with Gasteiger partial charge in [0.05, 0.1) is 37.1 Å². The summed E-state index contributed by atoms with van der Waals surface area (Å²) in [5.41, 5.74) is 4.27. The number of hydrogen-bond donors (Lipinski definition) is 2. The van der Waals surface area contributed by atoms with Crippen molar-refractivity contribution in [3.63, 3.8) is 0 Å². The molecule has 0 atom stereocenters. The number of ether oxygens (including phenoxy) is 1. The Morgan fingerprint density at radius 3 is 2.67 bits per heavy atom. The largest absolute Gasteiger partial charge is 0.378 e. The van der Waals surface area contributed by atoms with Crippen LogP contribution in [-0.2, 0) is 17.7 Å². The van der Waals surface area contributed by atoms with Crippen molar-refractivity contribution in [1.29, 1.82) is 5.26 Å². The summed E-state index contributed by atoms with van der Waals surface area (Å²) in [7, 11) is 0. The third-order valence-electron chi connectivity index (χ3n) is 6.29. The number of carbonyl (C=O) groups excluding carboxylic acids is 1. The Kier molecular flexibility index (Phi) is 6.91. The number of morpholine rings is 1. The summed E-state index contributed by atoms with van der Waals surface area (Å²) in [5, 5.41) is 14.8. The van der Waals surface area contributed by atoms with Crippen LogP contribution in [0.1, 0.15) is 23.7 Å². The van der Waals surface area contributed by atoms with Crippen LogP contribution in [-0.4, -0.2) is 60.4 Å². The van der Waals surface area contributed by atoms with Gasteiger partial charge in [-0.25, -0.2) is 19.7 Å². The predicted octanol–water partition coefficient (Wildman–Crippen LogP) is 2.95. The molecule has 2 aliphatic heterocycles. The molecular weight excluding hydrogens is 456 g/mol. The first-order chi connectivity index (χ1) is 17.6. The normalized spacial score (nSPS) is 15.1. The maximum absolute atomic E-state index is 11.8. The van der Waals surface area contributed by atoms with E-state index in [1.165, 1.54) is 0 Å². The van der Waals surface area contributed by atoms with Gasteiger partial charge in [-0.1, -0.05) is 0 Å². The van der Waals surface area contributed by atoms with E-state index in [0.717, 1.165) is 54.5 Å². The molecule has 2 amide bonds. The van der Waals surface area contributed by atoms with Crippen molar-refractivity contribution in [2.75, 3.05) is 54.5 Å². The molecule has 0 saturated carbocycles. The molecular formula is C26H28N8O2. The summed E-state index contributed by atoms with van der Waals surface area (Å²) in [6.07, 6.45) is 2.46. The fourth-order valence-corrected chi connectivity index (χ4v) is 4.47. The van der Waals surface area contributed by atoms with Crippen molar-refractivity contribution in [2.45, 2.75) is 19.9 Å². The van der Waals surface area contributed by atoms with Gasteiger partial charge in [-0.3, -0.25) is 0 Å². The lowest BCUT2D eigenvalue weighted by Crippen LogP contribution is -2.39. The molecule has 36 heavy (non-hydrogen) atoms. The zero-order valence-electron chi connectivity index (χ0n) is 20.2. The van der Waals surface area contributed by atoms with Crippen LogP contribution in [0, 0.1) is 11.3 Å². The molecule has 0 radical (unpaired) electrons. The summed E-state index contributed by atoms with van der Waals surface area (Å²) < 4.78 is 5.57. The molecule has 1 fully saturated rings. The Labute approximate surface area is 209 Å². The molecule has 10 nitrogen and oxygen atoms in total. The molecule has 2 aromatic heterocycles. The minimum atomic E-state index is -0.237. The second-order valence-corrected chi connectivity index (χ2v) is 8.64. The topological polar surface area (TPSA) is 119 Å². The van der Waals surface area contributed by atoms with Gasteiger partial charge in [0.15, 0.2) is 5.82 Å². The number of urea groups is 1. The number of amides is 2. The molecule has 5 rings (SSSR count). The van der Waals surface area contributed by atoms with Gasteiger partial charge in [-0.2, -0.15) is 5.26 Å². The number of rotatable bonds is 5. The first-order valence-electron chi connectivity index (χ1n) is 12.1. The molecule has 3 aromatic rings. The van der Waals surface area contributed by atoms with Gasteiger partial charge < -0.3 is 25.2 Å². The first-order valence-corrected chi connectivity index (χ1v) is 12.1. The van der Waals surface area contributed by atoms with Crippen molar-refractivity contribution < 1.29 is 9.53 Å². The summed E-state index contributed by atoms with van der Waals surface area (Å²) in [5.74, 6) is 2.37. The molecule has 1 saturated heterocycles. The molecule has 0 spiro atoms. The van der Waals surface area contributed by atoms with Crippen LogP contribution in [0.25, 0.3) is 11.4 Å². The van der Waals surface area contributed by atoms with E-state index >= 15 is 0 Å². The molecule has 10 heteroatoms. The van der Waals surface area contributed by atoms with E-state index in [1.54, 1.807) is 12.3 Å². The highest BCUT2D eigenvalue weighted by atomic mass is 16.5. The smallest absolute Gasteiger partial charge is 0.319 e. The number of benzene rings is 1. The van der Waals surface area contributed by atoms with Crippen molar-refractivity contribution in [1.82, 2.24) is 20.3 Å². The number of nitrogens with zero attached hydrogens (tertiary/aromatic N) is 6. The van der Waals surface area contributed by atoms with Crippen LogP contribution in [0.2, 0.25) is 0 Å². The molecule has 184 valence electrons. The average molecular weight is 485 g/mol. The first kappa shape index (κ1) is 23.5.